The minimum absolute atomic E-state index is 0.0843. The lowest BCUT2D eigenvalue weighted by Gasteiger charge is -2.30. The van der Waals surface area contributed by atoms with Crippen LogP contribution >= 0.6 is 0 Å². The van der Waals surface area contributed by atoms with Gasteiger partial charge in [-0.2, -0.15) is 0 Å². The van der Waals surface area contributed by atoms with Crippen LogP contribution in [0.15, 0.2) is 84.9 Å². The van der Waals surface area contributed by atoms with Gasteiger partial charge in [-0.05, 0) is 75.1 Å². The van der Waals surface area contributed by atoms with Crippen molar-refractivity contribution in [1.29, 1.82) is 0 Å². The van der Waals surface area contributed by atoms with Crippen molar-refractivity contribution < 1.29 is 29.6 Å². The van der Waals surface area contributed by atoms with E-state index in [0.29, 0.717) is 30.4 Å². The average molecular weight is 589 g/mol. The first-order valence-corrected chi connectivity index (χ1v) is 15.0. The molecule has 0 saturated carbocycles. The molecule has 0 spiro atoms. The number of amides is 2. The largest absolute Gasteiger partial charge is 0.444 e. The molecule has 43 heavy (non-hydrogen) atoms. The topological polar surface area (TPSA) is 128 Å². The molecule has 0 unspecified atom stereocenters. The number of hydrogen-bond acceptors (Lipinski definition) is 6. The van der Waals surface area contributed by atoms with E-state index in [-0.39, 0.29) is 12.3 Å². The number of alkyl carbamates (subject to hydrolysis) is 1. The Hall–Kier alpha value is -3.72. The normalized spacial score (nSPS) is 20.0. The second-order valence-electron chi connectivity index (χ2n) is 12.4. The molecule has 8 heteroatoms. The third kappa shape index (κ3) is 9.13. The van der Waals surface area contributed by atoms with Crippen molar-refractivity contribution in [2.75, 3.05) is 0 Å². The van der Waals surface area contributed by atoms with Gasteiger partial charge in [0.15, 0.2) is 0 Å². The number of benzene rings is 3. The number of nitrogens with one attached hydrogen (secondary N) is 2. The Labute approximate surface area is 254 Å². The van der Waals surface area contributed by atoms with Gasteiger partial charge < -0.3 is 30.7 Å². The summed E-state index contributed by atoms with van der Waals surface area (Å²) in [5.41, 5.74) is 2.62. The van der Waals surface area contributed by atoms with Crippen LogP contribution in [0.1, 0.15) is 74.4 Å². The number of ether oxygens (including phenoxy) is 1. The molecule has 1 aliphatic rings. The van der Waals surface area contributed by atoms with Crippen molar-refractivity contribution in [3.05, 3.63) is 107 Å². The fraction of sp³-hybridized carbons (Fsp3) is 0.429. The van der Waals surface area contributed by atoms with Gasteiger partial charge >= 0.3 is 6.09 Å². The summed E-state index contributed by atoms with van der Waals surface area (Å²) in [6, 6.07) is 25.2. The summed E-state index contributed by atoms with van der Waals surface area (Å²) >= 11 is 0. The molecule has 1 aliphatic carbocycles. The lowest BCUT2D eigenvalue weighted by Crippen LogP contribution is -2.48. The lowest BCUT2D eigenvalue weighted by atomic mass is 9.88. The highest BCUT2D eigenvalue weighted by molar-refractivity contribution is 5.79. The average Bonchev–Trinajstić information content (AvgIpc) is 3.21. The Bertz CT molecular complexity index is 1330. The molecule has 0 aliphatic heterocycles. The molecule has 0 aromatic heterocycles. The summed E-state index contributed by atoms with van der Waals surface area (Å²) < 4.78 is 5.47. The minimum Gasteiger partial charge on any atom is -0.444 e. The molecule has 6 atom stereocenters. The van der Waals surface area contributed by atoms with Crippen molar-refractivity contribution in [2.24, 2.45) is 5.92 Å². The van der Waals surface area contributed by atoms with E-state index in [1.807, 2.05) is 60.7 Å². The van der Waals surface area contributed by atoms with Crippen LogP contribution in [0.3, 0.4) is 0 Å². The number of carbonyl (C=O) groups is 2. The molecule has 0 bridgehead atoms. The molecule has 230 valence electrons. The van der Waals surface area contributed by atoms with Crippen LogP contribution in [0.4, 0.5) is 4.79 Å². The lowest BCUT2D eigenvalue weighted by molar-refractivity contribution is -0.128. The maximum Gasteiger partial charge on any atom is 0.407 e. The first-order chi connectivity index (χ1) is 20.5. The number of hydrogen-bond donors (Lipinski definition) is 5. The number of aliphatic hydroxyl groups excluding tert-OH is 3. The number of carbonyl (C=O) groups excluding carboxylic acids is 2. The van der Waals surface area contributed by atoms with Gasteiger partial charge in [0.1, 0.15) is 17.8 Å². The van der Waals surface area contributed by atoms with Gasteiger partial charge in [0.25, 0.3) is 0 Å². The third-order valence-electron chi connectivity index (χ3n) is 7.84. The van der Waals surface area contributed by atoms with Gasteiger partial charge in [-0.15, -0.1) is 0 Å². The predicted molar refractivity (Wildman–Crippen MR) is 165 cm³/mol. The summed E-state index contributed by atoms with van der Waals surface area (Å²) in [6.45, 7) is 5.32. The van der Waals surface area contributed by atoms with Crippen LogP contribution in [-0.4, -0.2) is 51.2 Å². The van der Waals surface area contributed by atoms with Gasteiger partial charge in [-0.3, -0.25) is 4.79 Å². The minimum atomic E-state index is -1.18. The zero-order chi connectivity index (χ0) is 31.0. The second-order valence-corrected chi connectivity index (χ2v) is 12.4. The summed E-state index contributed by atoms with van der Waals surface area (Å²) in [7, 11) is 0. The van der Waals surface area contributed by atoms with Crippen molar-refractivity contribution in [2.45, 2.75) is 88.9 Å². The SMILES string of the molecule is CC(C)(C)OC(=O)N[C@@H](Cc1ccccc1)[C@@H](O)C[C@@H](CCCc1ccccc1)C(=O)N[C@@H]1c2ccccc2[C@@H](O)[C@H]1O. The smallest absolute Gasteiger partial charge is 0.407 e. The summed E-state index contributed by atoms with van der Waals surface area (Å²) in [5, 5.41) is 38.7. The van der Waals surface area contributed by atoms with E-state index in [1.54, 1.807) is 45.0 Å². The number of rotatable bonds is 12. The van der Waals surface area contributed by atoms with Crippen molar-refractivity contribution in [1.82, 2.24) is 10.6 Å². The van der Waals surface area contributed by atoms with Crippen LogP contribution in [0.5, 0.6) is 0 Å². The van der Waals surface area contributed by atoms with Crippen LogP contribution < -0.4 is 10.6 Å². The molecule has 2 amide bonds. The molecule has 0 fully saturated rings. The van der Waals surface area contributed by atoms with E-state index in [1.165, 1.54) is 0 Å². The zero-order valence-electron chi connectivity index (χ0n) is 25.1. The zero-order valence-corrected chi connectivity index (χ0v) is 25.1. The van der Waals surface area contributed by atoms with E-state index < -0.39 is 48.0 Å². The Morgan fingerprint density at radius 2 is 1.44 bits per heavy atom. The molecule has 3 aromatic rings. The fourth-order valence-electron chi connectivity index (χ4n) is 5.67. The maximum atomic E-state index is 13.8. The van der Waals surface area contributed by atoms with Crippen LogP contribution in [0, 0.1) is 5.92 Å². The standard InChI is InChI=1S/C35H44N2O6/c1-35(2,3)43-34(42)36-28(21-24-15-8-5-9-16-24)29(38)22-25(18-12-17-23-13-6-4-7-14-23)33(41)37-30-26-19-10-11-20-27(26)31(39)32(30)40/h4-11,13-16,19-20,25,28-32,38-40H,12,17-18,21-22H2,1-3H3,(H,36,42)(H,37,41)/t25-,28+,29+,30-,31-,32+/m1/s1. The van der Waals surface area contributed by atoms with Crippen molar-refractivity contribution >= 4 is 12.0 Å². The van der Waals surface area contributed by atoms with Gasteiger partial charge in [0, 0.05) is 5.92 Å². The quantitative estimate of drug-likeness (QED) is 0.207. The van der Waals surface area contributed by atoms with Crippen molar-refractivity contribution in [3.63, 3.8) is 0 Å². The second kappa shape index (κ2) is 14.6. The number of aryl methyl sites for hydroxylation is 1. The molecule has 5 N–H and O–H groups in total. The number of aliphatic hydroxyl groups is 3. The maximum absolute atomic E-state index is 13.8. The number of fused-ring (bicyclic) bond motifs is 1. The van der Waals surface area contributed by atoms with Gasteiger partial charge in [0.05, 0.1) is 18.2 Å². The van der Waals surface area contributed by atoms with Crippen molar-refractivity contribution in [3.8, 4) is 0 Å². The molecular weight excluding hydrogens is 544 g/mol. The Balaban J connectivity index is 1.52. The first-order valence-electron chi connectivity index (χ1n) is 15.0. The molecule has 3 aromatic carbocycles. The predicted octanol–water partition coefficient (Wildman–Crippen LogP) is 4.78. The fourth-order valence-corrected chi connectivity index (χ4v) is 5.67. The summed E-state index contributed by atoms with van der Waals surface area (Å²) in [4.78, 5) is 26.6. The molecule has 0 heterocycles. The highest BCUT2D eigenvalue weighted by Crippen LogP contribution is 2.39. The van der Waals surface area contributed by atoms with Gasteiger partial charge in [0.2, 0.25) is 5.91 Å². The van der Waals surface area contributed by atoms with Crippen LogP contribution in [0.25, 0.3) is 0 Å². The van der Waals surface area contributed by atoms with Gasteiger partial charge in [-0.1, -0.05) is 84.9 Å². The van der Waals surface area contributed by atoms with Crippen LogP contribution in [-0.2, 0) is 22.4 Å². The summed E-state index contributed by atoms with van der Waals surface area (Å²) in [6.07, 6.45) is -1.62. The Morgan fingerprint density at radius 3 is 2.07 bits per heavy atom. The van der Waals surface area contributed by atoms with Gasteiger partial charge in [-0.25, -0.2) is 4.79 Å². The van der Waals surface area contributed by atoms with Crippen LogP contribution in [0.2, 0.25) is 0 Å². The monoisotopic (exact) mass is 588 g/mol. The van der Waals surface area contributed by atoms with E-state index >= 15 is 0 Å². The third-order valence-corrected chi connectivity index (χ3v) is 7.84. The van der Waals surface area contributed by atoms with E-state index in [4.69, 9.17) is 4.74 Å². The first kappa shape index (κ1) is 32.2. The molecule has 4 rings (SSSR count). The Morgan fingerprint density at radius 1 is 0.860 bits per heavy atom. The molecule has 0 saturated heterocycles. The van der Waals surface area contributed by atoms with E-state index in [2.05, 4.69) is 10.6 Å². The highest BCUT2D eigenvalue weighted by Gasteiger charge is 2.40. The summed E-state index contributed by atoms with van der Waals surface area (Å²) in [5.74, 6) is -0.940. The molecular formula is C35H44N2O6. The molecule has 8 nitrogen and oxygen atoms in total. The Kier molecular flexibility index (Phi) is 11.0. The highest BCUT2D eigenvalue weighted by atomic mass is 16.6. The van der Waals surface area contributed by atoms with E-state index in [9.17, 15) is 24.9 Å². The van der Waals surface area contributed by atoms with E-state index in [0.717, 1.165) is 17.5 Å². The molecule has 0 radical (unpaired) electrons.